The van der Waals surface area contributed by atoms with Gasteiger partial charge in [0.05, 0.1) is 0 Å². The molecule has 1 atom stereocenters. The summed E-state index contributed by atoms with van der Waals surface area (Å²) in [5, 5.41) is 15.0. The maximum Gasteiger partial charge on any atom is 0.326 e. The van der Waals surface area contributed by atoms with Crippen LogP contribution in [0.3, 0.4) is 0 Å². The first-order chi connectivity index (χ1) is 17.5. The predicted molar refractivity (Wildman–Crippen MR) is 150 cm³/mol. The van der Waals surface area contributed by atoms with Gasteiger partial charge in [-0.1, -0.05) is 117 Å². The van der Waals surface area contributed by atoms with Crippen molar-refractivity contribution in [3.05, 3.63) is 0 Å². The molecule has 0 aromatic carbocycles. The molecule has 0 radical (unpaired) electrons. The minimum absolute atomic E-state index is 0.0852. The number of carbonyl (C=O) groups is 3. The lowest BCUT2D eigenvalue weighted by atomic mass is 10.1. The monoisotopic (exact) mass is 510 g/mol. The van der Waals surface area contributed by atoms with Crippen LogP contribution < -0.4 is 10.6 Å². The van der Waals surface area contributed by atoms with E-state index in [9.17, 15) is 19.5 Å². The van der Waals surface area contributed by atoms with Crippen molar-refractivity contribution < 1.29 is 19.5 Å². The number of hydrogen-bond donors (Lipinski definition) is 3. The van der Waals surface area contributed by atoms with E-state index >= 15 is 0 Å². The summed E-state index contributed by atoms with van der Waals surface area (Å²) in [6.45, 7) is 5.02. The molecule has 212 valence electrons. The van der Waals surface area contributed by atoms with Gasteiger partial charge in [-0.25, -0.2) is 4.79 Å². The van der Waals surface area contributed by atoms with Crippen LogP contribution in [0.2, 0.25) is 0 Å². The third-order valence-corrected chi connectivity index (χ3v) is 6.89. The number of carboxylic acid groups (broad SMARTS) is 1. The Balaban J connectivity index is 3.69. The molecule has 0 saturated carbocycles. The molecule has 0 bridgehead atoms. The number of hydrogen-bond acceptors (Lipinski definition) is 3. The van der Waals surface area contributed by atoms with E-state index < -0.39 is 12.0 Å². The Kier molecular flexibility index (Phi) is 25.3. The van der Waals surface area contributed by atoms with Gasteiger partial charge in [0.15, 0.2) is 0 Å². The molecular formula is C30H58N2O4. The summed E-state index contributed by atoms with van der Waals surface area (Å²) in [7, 11) is 0. The Hall–Kier alpha value is -1.59. The Morgan fingerprint density at radius 3 is 1.42 bits per heavy atom. The van der Waals surface area contributed by atoms with Crippen LogP contribution in [0, 0.1) is 0 Å². The maximum absolute atomic E-state index is 12.1. The van der Waals surface area contributed by atoms with Crippen molar-refractivity contribution in [3.63, 3.8) is 0 Å². The molecule has 3 N–H and O–H groups in total. The summed E-state index contributed by atoms with van der Waals surface area (Å²) in [5.41, 5.74) is 0. The molecule has 0 aliphatic heterocycles. The van der Waals surface area contributed by atoms with E-state index in [0.717, 1.165) is 38.5 Å². The topological polar surface area (TPSA) is 95.5 Å². The molecule has 0 rings (SSSR count). The Morgan fingerprint density at radius 1 is 0.556 bits per heavy atom. The van der Waals surface area contributed by atoms with Gasteiger partial charge in [0.25, 0.3) is 0 Å². The first kappa shape index (κ1) is 34.4. The zero-order chi connectivity index (χ0) is 26.7. The van der Waals surface area contributed by atoms with Crippen molar-refractivity contribution in [2.75, 3.05) is 6.54 Å². The molecule has 36 heavy (non-hydrogen) atoms. The first-order valence-corrected chi connectivity index (χ1v) is 15.3. The van der Waals surface area contributed by atoms with E-state index in [-0.39, 0.29) is 11.8 Å². The highest BCUT2D eigenvalue weighted by atomic mass is 16.4. The summed E-state index contributed by atoms with van der Waals surface area (Å²) < 4.78 is 0. The van der Waals surface area contributed by atoms with Crippen LogP contribution >= 0.6 is 0 Å². The number of carboxylic acids is 1. The van der Waals surface area contributed by atoms with Gasteiger partial charge in [-0.2, -0.15) is 0 Å². The minimum Gasteiger partial charge on any atom is -0.480 e. The predicted octanol–water partition coefficient (Wildman–Crippen LogP) is 7.68. The SMILES string of the molecule is CCCCCCCCCCCC(=O)NCCCC[C@@H](NC(=O)CCCCCCCCCCC)C(=O)O. The third-order valence-electron chi connectivity index (χ3n) is 6.89. The van der Waals surface area contributed by atoms with Crippen LogP contribution in [-0.2, 0) is 14.4 Å². The highest BCUT2D eigenvalue weighted by molar-refractivity contribution is 5.83. The molecule has 0 aliphatic carbocycles. The summed E-state index contributed by atoms with van der Waals surface area (Å²) in [5.74, 6) is -1.06. The summed E-state index contributed by atoms with van der Waals surface area (Å²) >= 11 is 0. The molecular weight excluding hydrogens is 452 g/mol. The lowest BCUT2D eigenvalue weighted by Gasteiger charge is -2.14. The second-order valence-corrected chi connectivity index (χ2v) is 10.5. The smallest absolute Gasteiger partial charge is 0.326 e. The first-order valence-electron chi connectivity index (χ1n) is 15.3. The van der Waals surface area contributed by atoms with Crippen LogP contribution in [-0.4, -0.2) is 35.5 Å². The Bertz CT molecular complexity index is 539. The number of amides is 2. The van der Waals surface area contributed by atoms with Crippen LogP contribution in [0.25, 0.3) is 0 Å². The second kappa shape index (κ2) is 26.5. The average Bonchev–Trinajstić information content (AvgIpc) is 2.85. The summed E-state index contributed by atoms with van der Waals surface area (Å²) in [6.07, 6.45) is 24.6. The molecule has 0 aromatic rings. The number of rotatable bonds is 27. The fourth-order valence-corrected chi connectivity index (χ4v) is 4.51. The highest BCUT2D eigenvalue weighted by Gasteiger charge is 2.19. The van der Waals surface area contributed by atoms with E-state index in [1.54, 1.807) is 0 Å². The van der Waals surface area contributed by atoms with Crippen molar-refractivity contribution in [3.8, 4) is 0 Å². The molecule has 0 fully saturated rings. The van der Waals surface area contributed by atoms with Gasteiger partial charge in [-0.3, -0.25) is 9.59 Å². The van der Waals surface area contributed by atoms with E-state index in [1.807, 2.05) is 0 Å². The summed E-state index contributed by atoms with van der Waals surface area (Å²) in [6, 6.07) is -0.839. The quantitative estimate of drug-likeness (QED) is 0.0987. The van der Waals surface area contributed by atoms with Crippen LogP contribution in [0.15, 0.2) is 0 Å². The van der Waals surface area contributed by atoms with Gasteiger partial charge in [-0.15, -0.1) is 0 Å². The lowest BCUT2D eigenvalue weighted by molar-refractivity contribution is -0.142. The fraction of sp³-hybridized carbons (Fsp3) is 0.900. The molecule has 0 heterocycles. The largest absolute Gasteiger partial charge is 0.480 e. The van der Waals surface area contributed by atoms with E-state index in [1.165, 1.54) is 83.5 Å². The molecule has 6 nitrogen and oxygen atoms in total. The van der Waals surface area contributed by atoms with Crippen molar-refractivity contribution >= 4 is 17.8 Å². The molecule has 0 aromatic heterocycles. The zero-order valence-electron chi connectivity index (χ0n) is 23.7. The Morgan fingerprint density at radius 2 is 0.972 bits per heavy atom. The molecule has 2 amide bonds. The summed E-state index contributed by atoms with van der Waals surface area (Å²) in [4.78, 5) is 35.6. The molecule has 0 saturated heterocycles. The lowest BCUT2D eigenvalue weighted by Crippen LogP contribution is -2.40. The van der Waals surface area contributed by atoms with E-state index in [0.29, 0.717) is 32.2 Å². The van der Waals surface area contributed by atoms with Crippen LogP contribution in [0.5, 0.6) is 0 Å². The van der Waals surface area contributed by atoms with Gasteiger partial charge < -0.3 is 15.7 Å². The van der Waals surface area contributed by atoms with Crippen molar-refractivity contribution in [2.24, 2.45) is 0 Å². The van der Waals surface area contributed by atoms with Gasteiger partial charge in [0.1, 0.15) is 6.04 Å². The van der Waals surface area contributed by atoms with E-state index in [4.69, 9.17) is 0 Å². The van der Waals surface area contributed by atoms with Crippen molar-refractivity contribution in [2.45, 2.75) is 168 Å². The van der Waals surface area contributed by atoms with Gasteiger partial charge >= 0.3 is 5.97 Å². The number of aliphatic carboxylic acids is 1. The fourth-order valence-electron chi connectivity index (χ4n) is 4.51. The van der Waals surface area contributed by atoms with Crippen molar-refractivity contribution in [1.29, 1.82) is 0 Å². The average molecular weight is 511 g/mol. The number of unbranched alkanes of at least 4 members (excludes halogenated alkanes) is 17. The molecule has 6 heteroatoms. The molecule has 0 spiro atoms. The standard InChI is InChI=1S/C30H58N2O4/c1-3-5-7-9-11-13-15-17-19-24-28(33)31-26-22-21-23-27(30(35)36)32-29(34)25-20-18-16-14-12-10-8-6-4-2/h27H,3-26H2,1-2H3,(H,31,33)(H,32,34)(H,35,36)/t27-/m1/s1. The van der Waals surface area contributed by atoms with Crippen LogP contribution in [0.4, 0.5) is 0 Å². The number of nitrogens with one attached hydrogen (secondary N) is 2. The van der Waals surface area contributed by atoms with Crippen molar-refractivity contribution in [1.82, 2.24) is 10.6 Å². The maximum atomic E-state index is 12.1. The second-order valence-electron chi connectivity index (χ2n) is 10.5. The number of carbonyl (C=O) groups excluding carboxylic acids is 2. The molecule has 0 aliphatic rings. The Labute approximate surface area is 222 Å². The van der Waals surface area contributed by atoms with Gasteiger partial charge in [-0.05, 0) is 32.1 Å². The van der Waals surface area contributed by atoms with E-state index in [2.05, 4.69) is 24.5 Å². The van der Waals surface area contributed by atoms with Crippen LogP contribution in [0.1, 0.15) is 162 Å². The highest BCUT2D eigenvalue weighted by Crippen LogP contribution is 2.12. The van der Waals surface area contributed by atoms with Gasteiger partial charge in [0.2, 0.25) is 11.8 Å². The molecule has 0 unspecified atom stereocenters. The normalized spacial score (nSPS) is 11.8. The van der Waals surface area contributed by atoms with Gasteiger partial charge in [0, 0.05) is 19.4 Å². The minimum atomic E-state index is -0.982. The third kappa shape index (κ3) is 24.1. The zero-order valence-corrected chi connectivity index (χ0v) is 23.7.